The van der Waals surface area contributed by atoms with Crippen LogP contribution in [-0.2, 0) is 0 Å². The summed E-state index contributed by atoms with van der Waals surface area (Å²) in [5.74, 6) is 0. The molecule has 0 amide bonds. The van der Waals surface area contributed by atoms with Crippen LogP contribution >= 0.6 is 0 Å². The van der Waals surface area contributed by atoms with Gasteiger partial charge in [0.1, 0.15) is 0 Å². The molecule has 1 heteroatoms. The van der Waals surface area contributed by atoms with Crippen LogP contribution in [0.15, 0.2) is 11.6 Å². The summed E-state index contributed by atoms with van der Waals surface area (Å²) in [4.78, 5) is 0. The zero-order valence-electron chi connectivity index (χ0n) is 11.2. The van der Waals surface area contributed by atoms with Crippen molar-refractivity contribution in [3.05, 3.63) is 11.6 Å². The van der Waals surface area contributed by atoms with Crippen molar-refractivity contribution in [2.45, 2.75) is 77.7 Å². The van der Waals surface area contributed by atoms with E-state index in [1.807, 2.05) is 0 Å². The molecule has 94 valence electrons. The molecule has 0 aromatic heterocycles. The van der Waals surface area contributed by atoms with Crippen molar-refractivity contribution >= 4 is 0 Å². The third-order valence-corrected chi connectivity index (χ3v) is 3.32. The van der Waals surface area contributed by atoms with Gasteiger partial charge in [-0.3, -0.25) is 0 Å². The SMILES string of the molecule is CCCCCCCC(C)=CCCNC1CC1. The molecule has 0 unspecified atom stereocenters. The molecule has 1 N–H and O–H groups in total. The van der Waals surface area contributed by atoms with Gasteiger partial charge < -0.3 is 5.32 Å². The largest absolute Gasteiger partial charge is 0.314 e. The Balaban J connectivity index is 1.86. The van der Waals surface area contributed by atoms with Crippen LogP contribution in [0.2, 0.25) is 0 Å². The number of rotatable bonds is 10. The normalized spacial score (nSPS) is 16.8. The van der Waals surface area contributed by atoms with Crippen LogP contribution in [0.5, 0.6) is 0 Å². The average Bonchev–Trinajstić information content (AvgIpc) is 3.08. The van der Waals surface area contributed by atoms with Gasteiger partial charge in [0.15, 0.2) is 0 Å². The van der Waals surface area contributed by atoms with E-state index in [9.17, 15) is 0 Å². The number of hydrogen-bond acceptors (Lipinski definition) is 1. The van der Waals surface area contributed by atoms with Gasteiger partial charge in [0.05, 0.1) is 0 Å². The van der Waals surface area contributed by atoms with Crippen molar-refractivity contribution in [2.24, 2.45) is 0 Å². The van der Waals surface area contributed by atoms with Crippen molar-refractivity contribution in [1.29, 1.82) is 0 Å². The number of nitrogens with one attached hydrogen (secondary N) is 1. The minimum atomic E-state index is 0.864. The smallest absolute Gasteiger partial charge is 0.00683 e. The van der Waals surface area contributed by atoms with E-state index in [-0.39, 0.29) is 0 Å². The maximum absolute atomic E-state index is 3.55. The highest BCUT2D eigenvalue weighted by Gasteiger charge is 2.19. The quantitative estimate of drug-likeness (QED) is 0.426. The molecule has 1 aliphatic carbocycles. The zero-order valence-corrected chi connectivity index (χ0v) is 11.2. The minimum absolute atomic E-state index is 0.864. The summed E-state index contributed by atoms with van der Waals surface area (Å²) >= 11 is 0. The molecule has 0 aromatic rings. The fraction of sp³-hybridized carbons (Fsp3) is 0.867. The van der Waals surface area contributed by atoms with Gasteiger partial charge in [0.2, 0.25) is 0 Å². The second kappa shape index (κ2) is 8.81. The third kappa shape index (κ3) is 7.92. The molecule has 0 aromatic carbocycles. The van der Waals surface area contributed by atoms with E-state index in [0.29, 0.717) is 0 Å². The van der Waals surface area contributed by atoms with E-state index < -0.39 is 0 Å². The first-order valence-electron chi connectivity index (χ1n) is 7.22. The number of allylic oxidation sites excluding steroid dienone is 1. The fourth-order valence-electron chi connectivity index (χ4n) is 2.00. The van der Waals surface area contributed by atoms with Gasteiger partial charge in [-0.1, -0.05) is 44.3 Å². The van der Waals surface area contributed by atoms with Crippen molar-refractivity contribution < 1.29 is 0 Å². The lowest BCUT2D eigenvalue weighted by molar-refractivity contribution is 0.628. The van der Waals surface area contributed by atoms with Gasteiger partial charge in [-0.25, -0.2) is 0 Å². The van der Waals surface area contributed by atoms with E-state index in [4.69, 9.17) is 0 Å². The summed E-state index contributed by atoms with van der Waals surface area (Å²) in [6.07, 6.45) is 14.8. The molecule has 0 atom stereocenters. The fourth-order valence-corrected chi connectivity index (χ4v) is 2.00. The summed E-state index contributed by atoms with van der Waals surface area (Å²) in [6.45, 7) is 5.74. The van der Waals surface area contributed by atoms with Crippen molar-refractivity contribution in [3.63, 3.8) is 0 Å². The summed E-state index contributed by atoms with van der Waals surface area (Å²) in [5.41, 5.74) is 1.59. The molecule has 0 spiro atoms. The van der Waals surface area contributed by atoms with Gasteiger partial charge in [0.25, 0.3) is 0 Å². The Morgan fingerprint density at radius 3 is 2.62 bits per heavy atom. The maximum Gasteiger partial charge on any atom is 0.00683 e. The van der Waals surface area contributed by atoms with Crippen LogP contribution in [0, 0.1) is 0 Å². The molecule has 16 heavy (non-hydrogen) atoms. The highest BCUT2D eigenvalue weighted by molar-refractivity contribution is 4.98. The lowest BCUT2D eigenvalue weighted by atomic mass is 10.1. The summed E-state index contributed by atoms with van der Waals surface area (Å²) in [5, 5.41) is 3.55. The van der Waals surface area contributed by atoms with Crippen LogP contribution in [0.4, 0.5) is 0 Å². The van der Waals surface area contributed by atoms with Gasteiger partial charge >= 0.3 is 0 Å². The first-order valence-corrected chi connectivity index (χ1v) is 7.22. The molecule has 1 fully saturated rings. The molecule has 1 rings (SSSR count). The lowest BCUT2D eigenvalue weighted by Gasteiger charge is -2.03. The molecule has 0 aliphatic heterocycles. The molecular formula is C15H29N. The molecular weight excluding hydrogens is 194 g/mol. The highest BCUT2D eigenvalue weighted by Crippen LogP contribution is 2.18. The summed E-state index contributed by atoms with van der Waals surface area (Å²) < 4.78 is 0. The summed E-state index contributed by atoms with van der Waals surface area (Å²) in [7, 11) is 0. The lowest BCUT2D eigenvalue weighted by Crippen LogP contribution is -2.16. The molecule has 0 heterocycles. The Morgan fingerprint density at radius 2 is 1.94 bits per heavy atom. The van der Waals surface area contributed by atoms with E-state index >= 15 is 0 Å². The van der Waals surface area contributed by atoms with Crippen LogP contribution in [0.25, 0.3) is 0 Å². The van der Waals surface area contributed by atoms with Gasteiger partial charge in [0, 0.05) is 6.04 Å². The summed E-state index contributed by atoms with van der Waals surface area (Å²) in [6, 6.07) is 0.864. The van der Waals surface area contributed by atoms with Crippen molar-refractivity contribution in [3.8, 4) is 0 Å². The Hall–Kier alpha value is -0.300. The number of unbranched alkanes of at least 4 members (excludes halogenated alkanes) is 4. The van der Waals surface area contributed by atoms with E-state index in [2.05, 4.69) is 25.2 Å². The second-order valence-electron chi connectivity index (χ2n) is 5.23. The monoisotopic (exact) mass is 223 g/mol. The van der Waals surface area contributed by atoms with E-state index in [1.54, 1.807) is 5.57 Å². The van der Waals surface area contributed by atoms with Crippen LogP contribution in [-0.4, -0.2) is 12.6 Å². The third-order valence-electron chi connectivity index (χ3n) is 3.32. The average molecular weight is 223 g/mol. The number of hydrogen-bond donors (Lipinski definition) is 1. The van der Waals surface area contributed by atoms with Crippen LogP contribution in [0.3, 0.4) is 0 Å². The van der Waals surface area contributed by atoms with E-state index in [0.717, 1.165) is 6.04 Å². The topological polar surface area (TPSA) is 12.0 Å². The first kappa shape index (κ1) is 13.8. The molecule has 1 saturated carbocycles. The molecule has 1 aliphatic rings. The Morgan fingerprint density at radius 1 is 1.19 bits per heavy atom. The standard InChI is InChI=1S/C15H29N/c1-3-4-5-6-7-9-14(2)10-8-13-16-15-11-12-15/h10,15-16H,3-9,11-13H2,1-2H3. The minimum Gasteiger partial charge on any atom is -0.314 e. The van der Waals surface area contributed by atoms with Gasteiger partial charge in [-0.15, -0.1) is 0 Å². The van der Waals surface area contributed by atoms with Crippen molar-refractivity contribution in [1.82, 2.24) is 5.32 Å². The van der Waals surface area contributed by atoms with Crippen LogP contribution in [0.1, 0.15) is 71.6 Å². The first-order chi connectivity index (χ1) is 7.83. The molecule has 0 saturated heterocycles. The Bertz CT molecular complexity index is 192. The Kier molecular flexibility index (Phi) is 7.58. The maximum atomic E-state index is 3.55. The van der Waals surface area contributed by atoms with Crippen molar-refractivity contribution in [2.75, 3.05) is 6.54 Å². The van der Waals surface area contributed by atoms with Gasteiger partial charge in [-0.05, 0) is 45.6 Å². The van der Waals surface area contributed by atoms with E-state index in [1.165, 1.54) is 64.3 Å². The predicted octanol–water partition coefficient (Wildman–Crippen LogP) is 4.44. The molecule has 0 radical (unpaired) electrons. The second-order valence-corrected chi connectivity index (χ2v) is 5.23. The molecule has 1 nitrogen and oxygen atoms in total. The van der Waals surface area contributed by atoms with Gasteiger partial charge in [-0.2, -0.15) is 0 Å². The Labute approximate surface area is 102 Å². The molecule has 0 bridgehead atoms. The predicted molar refractivity (Wildman–Crippen MR) is 72.8 cm³/mol. The highest BCUT2D eigenvalue weighted by atomic mass is 14.9. The zero-order chi connectivity index (χ0) is 11.6. The van der Waals surface area contributed by atoms with Crippen LogP contribution < -0.4 is 5.32 Å².